The minimum absolute atomic E-state index is 0.0178. The Morgan fingerprint density at radius 1 is 1.29 bits per heavy atom. The van der Waals surface area contributed by atoms with Gasteiger partial charge in [0, 0.05) is 10.9 Å². The number of carboxylic acids is 1. The highest BCUT2D eigenvalue weighted by molar-refractivity contribution is 7.12. The van der Waals surface area contributed by atoms with Crippen LogP contribution in [0.15, 0.2) is 35.7 Å². The first kappa shape index (κ1) is 14.8. The summed E-state index contributed by atoms with van der Waals surface area (Å²) in [4.78, 5) is 22.8. The predicted molar refractivity (Wildman–Crippen MR) is 79.3 cm³/mol. The third kappa shape index (κ3) is 3.49. The lowest BCUT2D eigenvalue weighted by Crippen LogP contribution is -1.94. The van der Waals surface area contributed by atoms with E-state index in [1.807, 2.05) is 0 Å². The smallest absolute Gasteiger partial charge is 0.345 e. The van der Waals surface area contributed by atoms with Crippen LogP contribution in [-0.4, -0.2) is 29.1 Å². The Labute approximate surface area is 124 Å². The number of ketones is 1. The second kappa shape index (κ2) is 6.23. The number of rotatable bonds is 5. The third-order valence-electron chi connectivity index (χ3n) is 2.72. The first-order valence-corrected chi connectivity index (χ1v) is 6.80. The zero-order chi connectivity index (χ0) is 15.4. The lowest BCUT2D eigenvalue weighted by molar-refractivity contribution is 0.0702. The van der Waals surface area contributed by atoms with Gasteiger partial charge in [-0.3, -0.25) is 4.79 Å². The molecule has 6 heteroatoms. The quantitative estimate of drug-likeness (QED) is 0.655. The molecule has 108 valence electrons. The Bertz CT molecular complexity index is 715. The van der Waals surface area contributed by atoms with Crippen molar-refractivity contribution < 1.29 is 24.5 Å². The molecule has 0 bridgehead atoms. The van der Waals surface area contributed by atoms with Crippen molar-refractivity contribution in [3.05, 3.63) is 51.7 Å². The number of phenols is 1. The zero-order valence-electron chi connectivity index (χ0n) is 11.1. The van der Waals surface area contributed by atoms with Crippen LogP contribution in [0.3, 0.4) is 0 Å². The van der Waals surface area contributed by atoms with Gasteiger partial charge < -0.3 is 14.9 Å². The van der Waals surface area contributed by atoms with Crippen LogP contribution in [0.4, 0.5) is 0 Å². The summed E-state index contributed by atoms with van der Waals surface area (Å²) in [6, 6.07) is 6.09. The Hall–Kier alpha value is -2.60. The molecule has 1 heterocycles. The van der Waals surface area contributed by atoms with Crippen LogP contribution in [-0.2, 0) is 0 Å². The summed E-state index contributed by atoms with van der Waals surface area (Å²) in [6.07, 6.45) is 2.87. The molecule has 0 amide bonds. The van der Waals surface area contributed by atoms with Gasteiger partial charge in [0.2, 0.25) is 0 Å². The number of methoxy groups -OCH3 is 1. The van der Waals surface area contributed by atoms with E-state index in [0.717, 1.165) is 11.3 Å². The van der Waals surface area contributed by atoms with Gasteiger partial charge in [0.1, 0.15) is 4.88 Å². The summed E-state index contributed by atoms with van der Waals surface area (Å²) in [7, 11) is 1.45. The number of hydrogen-bond donors (Lipinski definition) is 2. The van der Waals surface area contributed by atoms with Gasteiger partial charge in [-0.25, -0.2) is 4.79 Å². The van der Waals surface area contributed by atoms with E-state index in [0.29, 0.717) is 16.9 Å². The summed E-state index contributed by atoms with van der Waals surface area (Å²) in [6.45, 7) is 0. The van der Waals surface area contributed by atoms with Gasteiger partial charge in [-0.05, 0) is 29.8 Å². The molecule has 2 N–H and O–H groups in total. The predicted octanol–water partition coefficient (Wildman–Crippen LogP) is 3.06. The fourth-order valence-corrected chi connectivity index (χ4v) is 2.39. The molecule has 1 aromatic heterocycles. The molecule has 2 aromatic rings. The third-order valence-corrected chi connectivity index (χ3v) is 3.64. The highest BCUT2D eigenvalue weighted by atomic mass is 32.1. The van der Waals surface area contributed by atoms with Gasteiger partial charge in [0.15, 0.2) is 17.3 Å². The number of carbonyl (C=O) groups is 2. The summed E-state index contributed by atoms with van der Waals surface area (Å²) in [5.41, 5.74) is 0.960. The summed E-state index contributed by atoms with van der Waals surface area (Å²) in [5.74, 6) is -1.02. The number of hydrogen-bond acceptors (Lipinski definition) is 5. The topological polar surface area (TPSA) is 83.8 Å². The van der Waals surface area contributed by atoms with Crippen molar-refractivity contribution in [1.82, 2.24) is 0 Å². The number of carbonyl (C=O) groups excluding carboxylic acids is 1. The molecule has 0 saturated heterocycles. The van der Waals surface area contributed by atoms with Crippen molar-refractivity contribution in [2.75, 3.05) is 7.11 Å². The average Bonchev–Trinajstić information content (AvgIpc) is 2.95. The van der Waals surface area contributed by atoms with Gasteiger partial charge in [-0.15, -0.1) is 11.3 Å². The normalized spacial score (nSPS) is 10.7. The van der Waals surface area contributed by atoms with Crippen LogP contribution < -0.4 is 4.74 Å². The van der Waals surface area contributed by atoms with Gasteiger partial charge >= 0.3 is 5.97 Å². The van der Waals surface area contributed by atoms with Crippen LogP contribution in [0.5, 0.6) is 11.5 Å². The molecular weight excluding hydrogens is 292 g/mol. The molecule has 21 heavy (non-hydrogen) atoms. The number of phenolic OH excluding ortho intramolecular Hbond substituents is 1. The lowest BCUT2D eigenvalue weighted by atomic mass is 10.1. The van der Waals surface area contributed by atoms with E-state index in [-0.39, 0.29) is 16.4 Å². The SMILES string of the molecule is COc1ccc(C=CC(=O)c2csc(C(=O)O)c2)cc1O. The minimum Gasteiger partial charge on any atom is -0.504 e. The molecule has 0 radical (unpaired) electrons. The van der Waals surface area contributed by atoms with Crippen molar-refractivity contribution in [3.63, 3.8) is 0 Å². The van der Waals surface area contributed by atoms with E-state index in [1.54, 1.807) is 18.2 Å². The molecule has 0 aliphatic rings. The fourth-order valence-electron chi connectivity index (χ4n) is 1.66. The number of thiophene rings is 1. The van der Waals surface area contributed by atoms with Gasteiger partial charge in [0.25, 0.3) is 0 Å². The Kier molecular flexibility index (Phi) is 4.39. The number of ether oxygens (including phenoxy) is 1. The summed E-state index contributed by atoms with van der Waals surface area (Å²) >= 11 is 1.00. The van der Waals surface area contributed by atoms with Crippen LogP contribution in [0, 0.1) is 0 Å². The number of aromatic carboxylic acids is 1. The number of allylic oxidation sites excluding steroid dienone is 1. The van der Waals surface area contributed by atoms with Crippen molar-refractivity contribution >= 4 is 29.2 Å². The van der Waals surface area contributed by atoms with E-state index in [9.17, 15) is 14.7 Å². The zero-order valence-corrected chi connectivity index (χ0v) is 11.9. The molecule has 0 unspecified atom stereocenters. The maximum Gasteiger partial charge on any atom is 0.345 e. The van der Waals surface area contributed by atoms with Crippen molar-refractivity contribution in [3.8, 4) is 11.5 Å². The van der Waals surface area contributed by atoms with E-state index in [4.69, 9.17) is 9.84 Å². The molecule has 0 spiro atoms. The Morgan fingerprint density at radius 2 is 2.05 bits per heavy atom. The summed E-state index contributed by atoms with van der Waals surface area (Å²) < 4.78 is 4.92. The fraction of sp³-hybridized carbons (Fsp3) is 0.0667. The molecule has 0 saturated carbocycles. The molecule has 1 aromatic carbocycles. The Morgan fingerprint density at radius 3 is 2.62 bits per heavy atom. The molecular formula is C15H12O5S. The van der Waals surface area contributed by atoms with E-state index in [1.165, 1.54) is 30.7 Å². The molecule has 2 rings (SSSR count). The van der Waals surface area contributed by atoms with Gasteiger partial charge in [-0.2, -0.15) is 0 Å². The standard InChI is InChI=1S/C15H12O5S/c1-20-13-5-3-9(6-12(13)17)2-4-11(16)10-7-14(15(18)19)21-8-10/h2-8,17H,1H3,(H,18,19). The van der Waals surface area contributed by atoms with E-state index in [2.05, 4.69) is 0 Å². The second-order valence-electron chi connectivity index (χ2n) is 4.13. The van der Waals surface area contributed by atoms with E-state index < -0.39 is 5.97 Å². The number of benzene rings is 1. The number of aromatic hydroxyl groups is 1. The summed E-state index contributed by atoms with van der Waals surface area (Å²) in [5, 5.41) is 19.9. The van der Waals surface area contributed by atoms with Crippen molar-refractivity contribution in [2.24, 2.45) is 0 Å². The largest absolute Gasteiger partial charge is 0.504 e. The second-order valence-corrected chi connectivity index (χ2v) is 5.04. The first-order chi connectivity index (χ1) is 10.0. The highest BCUT2D eigenvalue weighted by Crippen LogP contribution is 2.26. The minimum atomic E-state index is -1.05. The van der Waals surface area contributed by atoms with Crippen LogP contribution in [0.25, 0.3) is 6.08 Å². The monoisotopic (exact) mass is 304 g/mol. The maximum atomic E-state index is 11.9. The molecule has 0 fully saturated rings. The van der Waals surface area contributed by atoms with Crippen LogP contribution in [0.2, 0.25) is 0 Å². The van der Waals surface area contributed by atoms with Crippen LogP contribution >= 0.6 is 11.3 Å². The molecule has 0 atom stereocenters. The lowest BCUT2D eigenvalue weighted by Gasteiger charge is -2.03. The molecule has 0 aliphatic heterocycles. The molecule has 5 nitrogen and oxygen atoms in total. The van der Waals surface area contributed by atoms with Crippen molar-refractivity contribution in [2.45, 2.75) is 0 Å². The van der Waals surface area contributed by atoms with Gasteiger partial charge in [0.05, 0.1) is 7.11 Å². The van der Waals surface area contributed by atoms with E-state index >= 15 is 0 Å². The first-order valence-electron chi connectivity index (χ1n) is 5.92. The highest BCUT2D eigenvalue weighted by Gasteiger charge is 2.10. The Balaban J connectivity index is 2.14. The average molecular weight is 304 g/mol. The van der Waals surface area contributed by atoms with Crippen LogP contribution in [0.1, 0.15) is 25.6 Å². The van der Waals surface area contributed by atoms with Gasteiger partial charge in [-0.1, -0.05) is 12.1 Å². The molecule has 0 aliphatic carbocycles. The van der Waals surface area contributed by atoms with Crippen molar-refractivity contribution in [1.29, 1.82) is 0 Å². The maximum absolute atomic E-state index is 11.9. The number of carboxylic acid groups (broad SMARTS) is 1.